The number of halogens is 1. The van der Waals surface area contributed by atoms with Gasteiger partial charge in [0, 0.05) is 32.4 Å². The van der Waals surface area contributed by atoms with Crippen molar-refractivity contribution in [3.05, 3.63) is 78.0 Å². The number of nitrogens with zero attached hydrogens (tertiary/aromatic N) is 6. The number of pyridine rings is 1. The van der Waals surface area contributed by atoms with E-state index in [4.69, 9.17) is 11.2 Å². The van der Waals surface area contributed by atoms with E-state index in [2.05, 4.69) is 41.4 Å². The highest BCUT2D eigenvalue weighted by Gasteiger charge is 2.19. The topological polar surface area (TPSA) is 108 Å². The van der Waals surface area contributed by atoms with E-state index in [1.54, 1.807) is 37.5 Å². The quantitative estimate of drug-likeness (QED) is 0.259. The second kappa shape index (κ2) is 13.3. The van der Waals surface area contributed by atoms with Crippen LogP contribution in [0.1, 0.15) is 22.3 Å². The molecule has 0 saturated heterocycles. The zero-order chi connectivity index (χ0) is 29.4. The highest BCUT2D eigenvalue weighted by molar-refractivity contribution is 6.06. The number of carbonyl (C=O) groups is 1. The van der Waals surface area contributed by atoms with Crippen LogP contribution in [0, 0.1) is 18.2 Å². The van der Waals surface area contributed by atoms with Crippen LogP contribution in [0.3, 0.4) is 0 Å². The third-order valence-electron chi connectivity index (χ3n) is 6.13. The fraction of sp³-hybridized carbons (Fsp3) is 0.233. The van der Waals surface area contributed by atoms with Crippen LogP contribution < -0.4 is 20.3 Å². The number of terminal acetylenes is 1. The summed E-state index contributed by atoms with van der Waals surface area (Å²) < 4.78 is 20.9. The Labute approximate surface area is 238 Å². The van der Waals surface area contributed by atoms with Gasteiger partial charge in [-0.25, -0.2) is 19.3 Å². The first-order valence-corrected chi connectivity index (χ1v) is 12.9. The Morgan fingerprint density at radius 2 is 1.90 bits per heavy atom. The molecule has 4 rings (SSSR count). The molecule has 2 N–H and O–H groups in total. The summed E-state index contributed by atoms with van der Waals surface area (Å²) in [5, 5.41) is 5.69. The number of ether oxygens (including phenoxy) is 1. The summed E-state index contributed by atoms with van der Waals surface area (Å²) in [5.41, 5.74) is 2.12. The summed E-state index contributed by atoms with van der Waals surface area (Å²) in [7, 11) is 7.66. The molecule has 0 bridgehead atoms. The number of anilines is 3. The highest BCUT2D eigenvalue weighted by Crippen LogP contribution is 2.31. The van der Waals surface area contributed by atoms with Gasteiger partial charge in [-0.2, -0.15) is 4.98 Å². The van der Waals surface area contributed by atoms with Crippen molar-refractivity contribution in [1.82, 2.24) is 24.8 Å². The average molecular weight is 555 g/mol. The lowest BCUT2D eigenvalue weighted by atomic mass is 10.1. The minimum atomic E-state index is -0.707. The molecule has 0 aliphatic rings. The Morgan fingerprint density at radius 1 is 1.07 bits per heavy atom. The maximum atomic E-state index is 14.9. The average Bonchev–Trinajstić information content (AvgIpc) is 2.98. The zero-order valence-electron chi connectivity index (χ0n) is 23.3. The van der Waals surface area contributed by atoms with Crippen LogP contribution >= 0.6 is 0 Å². The van der Waals surface area contributed by atoms with Crippen LogP contribution in [-0.4, -0.2) is 72.0 Å². The molecule has 41 heavy (non-hydrogen) atoms. The number of nitrogens with one attached hydrogen (secondary N) is 2. The molecule has 0 radical (unpaired) electrons. The van der Waals surface area contributed by atoms with Gasteiger partial charge in [0.15, 0.2) is 5.82 Å². The molecule has 4 aromatic rings. The number of amides is 1. The van der Waals surface area contributed by atoms with Crippen molar-refractivity contribution in [2.24, 2.45) is 0 Å². The Bertz CT molecular complexity index is 1570. The smallest absolute Gasteiger partial charge is 0.258 e. The first kappa shape index (κ1) is 28.9. The summed E-state index contributed by atoms with van der Waals surface area (Å²) in [4.78, 5) is 34.3. The number of rotatable bonds is 11. The molecule has 0 aliphatic carbocycles. The SMILES string of the molecule is C#Cc1ccc(N(C)CCCN(C)C)c(NC(=O)c2cc(Oc3ncccc3-c3ncnc(NC)n3)ccc2F)c1. The van der Waals surface area contributed by atoms with Crippen molar-refractivity contribution < 1.29 is 13.9 Å². The monoisotopic (exact) mass is 554 g/mol. The van der Waals surface area contributed by atoms with Gasteiger partial charge in [0.25, 0.3) is 5.91 Å². The Balaban J connectivity index is 1.59. The van der Waals surface area contributed by atoms with Gasteiger partial charge >= 0.3 is 0 Å². The molecule has 2 aromatic carbocycles. The molecule has 11 heteroatoms. The van der Waals surface area contributed by atoms with Gasteiger partial charge in [-0.15, -0.1) is 6.42 Å². The highest BCUT2D eigenvalue weighted by atomic mass is 19.1. The number of benzene rings is 2. The van der Waals surface area contributed by atoms with E-state index in [1.807, 2.05) is 32.1 Å². The lowest BCUT2D eigenvalue weighted by molar-refractivity contribution is 0.102. The standard InChI is InChI=1S/C30H31FN8O2/c1-6-20-10-13-26(39(5)16-8-15-38(3)4)25(17-20)36-28(40)23-18-21(11-12-24(23)31)41-29-22(9-7-14-33-29)27-34-19-35-30(32-2)37-27/h1,7,9-14,17-19H,8,15-16H2,2-5H3,(H,36,40)(H,32,34,35,37). The van der Waals surface area contributed by atoms with Crippen LogP contribution in [0.2, 0.25) is 0 Å². The van der Waals surface area contributed by atoms with Gasteiger partial charge in [0.1, 0.15) is 17.9 Å². The molecule has 0 saturated carbocycles. The fourth-order valence-corrected chi connectivity index (χ4v) is 4.04. The van der Waals surface area contributed by atoms with Gasteiger partial charge in [-0.1, -0.05) is 5.92 Å². The Hall–Kier alpha value is -5.08. The molecule has 0 fully saturated rings. The van der Waals surface area contributed by atoms with E-state index in [0.717, 1.165) is 25.2 Å². The second-order valence-electron chi connectivity index (χ2n) is 9.39. The molecular weight excluding hydrogens is 523 g/mol. The number of aromatic nitrogens is 4. The summed E-state index contributed by atoms with van der Waals surface area (Å²) >= 11 is 0. The third-order valence-corrected chi connectivity index (χ3v) is 6.13. The predicted octanol–water partition coefficient (Wildman–Crippen LogP) is 4.53. The predicted molar refractivity (Wildman–Crippen MR) is 158 cm³/mol. The van der Waals surface area contributed by atoms with E-state index in [0.29, 0.717) is 28.6 Å². The van der Waals surface area contributed by atoms with Crippen LogP contribution in [0.25, 0.3) is 11.4 Å². The van der Waals surface area contributed by atoms with Crippen LogP contribution in [0.15, 0.2) is 61.1 Å². The first-order chi connectivity index (χ1) is 19.8. The summed E-state index contributed by atoms with van der Waals surface area (Å²) in [6, 6.07) is 12.7. The van der Waals surface area contributed by atoms with E-state index < -0.39 is 11.7 Å². The fourth-order valence-electron chi connectivity index (χ4n) is 4.04. The largest absolute Gasteiger partial charge is 0.438 e. The van der Waals surface area contributed by atoms with Crippen LogP contribution in [0.5, 0.6) is 11.6 Å². The van der Waals surface area contributed by atoms with Crippen molar-refractivity contribution in [3.63, 3.8) is 0 Å². The lowest BCUT2D eigenvalue weighted by Gasteiger charge is -2.24. The molecule has 2 aromatic heterocycles. The van der Waals surface area contributed by atoms with Crippen molar-refractivity contribution >= 4 is 23.2 Å². The molecular formula is C30H31FN8O2. The van der Waals surface area contributed by atoms with Gasteiger partial charge in [0.2, 0.25) is 11.8 Å². The minimum Gasteiger partial charge on any atom is -0.438 e. The number of hydrogen-bond acceptors (Lipinski definition) is 9. The van der Waals surface area contributed by atoms with Gasteiger partial charge in [-0.05, 0) is 75.6 Å². The van der Waals surface area contributed by atoms with E-state index in [-0.39, 0.29) is 17.2 Å². The zero-order valence-corrected chi connectivity index (χ0v) is 23.3. The molecule has 0 atom stereocenters. The Morgan fingerprint density at radius 3 is 2.66 bits per heavy atom. The van der Waals surface area contributed by atoms with Gasteiger partial charge in [-0.3, -0.25) is 4.79 Å². The van der Waals surface area contributed by atoms with Crippen molar-refractivity contribution in [2.75, 3.05) is 56.8 Å². The van der Waals surface area contributed by atoms with Crippen LogP contribution in [0.4, 0.5) is 21.7 Å². The molecule has 210 valence electrons. The molecule has 1 amide bonds. The second-order valence-corrected chi connectivity index (χ2v) is 9.39. The lowest BCUT2D eigenvalue weighted by Crippen LogP contribution is -2.25. The summed E-state index contributed by atoms with van der Waals surface area (Å²) in [5.74, 6) is 2.33. The van der Waals surface area contributed by atoms with E-state index in [9.17, 15) is 9.18 Å². The third kappa shape index (κ3) is 7.32. The maximum absolute atomic E-state index is 14.9. The Kier molecular flexibility index (Phi) is 9.39. The van der Waals surface area contributed by atoms with Gasteiger partial charge < -0.3 is 25.2 Å². The van der Waals surface area contributed by atoms with Crippen molar-refractivity contribution in [3.8, 4) is 35.4 Å². The first-order valence-electron chi connectivity index (χ1n) is 12.9. The molecule has 0 unspecified atom stereocenters. The normalized spacial score (nSPS) is 10.7. The van der Waals surface area contributed by atoms with E-state index >= 15 is 0 Å². The molecule has 2 heterocycles. The van der Waals surface area contributed by atoms with E-state index in [1.165, 1.54) is 24.5 Å². The maximum Gasteiger partial charge on any atom is 0.258 e. The number of hydrogen-bond donors (Lipinski definition) is 2. The van der Waals surface area contributed by atoms with Gasteiger partial charge in [0.05, 0.1) is 22.5 Å². The summed E-state index contributed by atoms with van der Waals surface area (Å²) in [6.45, 7) is 1.66. The summed E-state index contributed by atoms with van der Waals surface area (Å²) in [6.07, 6.45) is 9.44. The minimum absolute atomic E-state index is 0.182. The number of carbonyl (C=O) groups excluding carboxylic acids is 1. The molecule has 10 nitrogen and oxygen atoms in total. The van der Waals surface area contributed by atoms with Crippen molar-refractivity contribution in [2.45, 2.75) is 6.42 Å². The van der Waals surface area contributed by atoms with Crippen LogP contribution in [-0.2, 0) is 0 Å². The molecule has 0 spiro atoms. The molecule has 0 aliphatic heterocycles. The van der Waals surface area contributed by atoms with Crippen molar-refractivity contribution in [1.29, 1.82) is 0 Å².